The van der Waals surface area contributed by atoms with Crippen molar-refractivity contribution in [1.29, 1.82) is 0 Å². The molecule has 0 unspecified atom stereocenters. The number of thioether (sulfide) groups is 2. The van der Waals surface area contributed by atoms with Gasteiger partial charge in [-0.1, -0.05) is 0 Å². The Kier molecular flexibility index (Phi) is 3.13. The Morgan fingerprint density at radius 3 is 2.33 bits per heavy atom. The lowest BCUT2D eigenvalue weighted by molar-refractivity contribution is -0.140. The van der Waals surface area contributed by atoms with E-state index in [9.17, 15) is 24.0 Å². The van der Waals surface area contributed by atoms with Crippen LogP contribution < -0.4 is 5.32 Å². The molecule has 2 N–H and O–H groups in total. The lowest BCUT2D eigenvalue weighted by atomic mass is 10.4. The highest BCUT2D eigenvalue weighted by molar-refractivity contribution is 8.22. The van der Waals surface area contributed by atoms with Crippen LogP contribution in [0.25, 0.3) is 0 Å². The third kappa shape index (κ3) is 2.11. The van der Waals surface area contributed by atoms with Crippen molar-refractivity contribution < 1.29 is 29.1 Å². The van der Waals surface area contributed by atoms with E-state index in [4.69, 9.17) is 5.11 Å². The SMILES string of the molecule is O=C(O)CN1C(=O)SC(=C2SC(=O)NC2=O)C1=O. The molecule has 0 radical (unpaired) electrons. The van der Waals surface area contributed by atoms with Crippen molar-refractivity contribution in [2.45, 2.75) is 0 Å². The van der Waals surface area contributed by atoms with Crippen LogP contribution in [0.5, 0.6) is 0 Å². The van der Waals surface area contributed by atoms with Crippen molar-refractivity contribution >= 4 is 51.8 Å². The van der Waals surface area contributed by atoms with Gasteiger partial charge in [-0.05, 0) is 23.5 Å². The summed E-state index contributed by atoms with van der Waals surface area (Å²) in [5, 5.41) is 9.08. The molecule has 2 aliphatic heterocycles. The van der Waals surface area contributed by atoms with Crippen molar-refractivity contribution in [3.05, 3.63) is 9.81 Å². The summed E-state index contributed by atoms with van der Waals surface area (Å²) in [6.07, 6.45) is 0. The van der Waals surface area contributed by atoms with E-state index in [1.54, 1.807) is 0 Å². The Hall–Kier alpha value is -1.81. The number of carboxylic acids is 1. The molecule has 8 nitrogen and oxygen atoms in total. The molecule has 0 bridgehead atoms. The van der Waals surface area contributed by atoms with Crippen molar-refractivity contribution in [2.75, 3.05) is 6.54 Å². The summed E-state index contributed by atoms with van der Waals surface area (Å²) in [6, 6.07) is 0. The molecular formula is C8H4N2O6S2. The maximum absolute atomic E-state index is 11.7. The first-order valence-corrected chi connectivity index (χ1v) is 6.06. The van der Waals surface area contributed by atoms with Gasteiger partial charge in [0.1, 0.15) is 16.4 Å². The van der Waals surface area contributed by atoms with Gasteiger partial charge in [-0.25, -0.2) is 0 Å². The van der Waals surface area contributed by atoms with Gasteiger partial charge >= 0.3 is 5.97 Å². The summed E-state index contributed by atoms with van der Waals surface area (Å²) in [4.78, 5) is 56.1. The van der Waals surface area contributed by atoms with Crippen LogP contribution >= 0.6 is 23.5 Å². The average molecular weight is 288 g/mol. The van der Waals surface area contributed by atoms with E-state index in [-0.39, 0.29) is 9.81 Å². The van der Waals surface area contributed by atoms with Gasteiger partial charge in [0.2, 0.25) is 0 Å². The molecule has 0 spiro atoms. The van der Waals surface area contributed by atoms with E-state index >= 15 is 0 Å². The molecule has 94 valence electrons. The van der Waals surface area contributed by atoms with Crippen LogP contribution in [0.3, 0.4) is 0 Å². The van der Waals surface area contributed by atoms with Crippen molar-refractivity contribution in [1.82, 2.24) is 10.2 Å². The van der Waals surface area contributed by atoms with Gasteiger partial charge in [-0.15, -0.1) is 0 Å². The topological polar surface area (TPSA) is 121 Å². The monoisotopic (exact) mass is 288 g/mol. The van der Waals surface area contributed by atoms with Gasteiger partial charge in [0.15, 0.2) is 0 Å². The van der Waals surface area contributed by atoms with Crippen LogP contribution in [0.1, 0.15) is 0 Å². The number of hydrogen-bond donors (Lipinski definition) is 2. The summed E-state index contributed by atoms with van der Waals surface area (Å²) in [7, 11) is 0. The summed E-state index contributed by atoms with van der Waals surface area (Å²) >= 11 is 0.956. The highest BCUT2D eigenvalue weighted by atomic mass is 32.2. The van der Waals surface area contributed by atoms with Crippen LogP contribution in [-0.4, -0.2) is 44.8 Å². The lowest BCUT2D eigenvalue weighted by Gasteiger charge is -2.07. The normalized spacial score (nSPS) is 23.9. The van der Waals surface area contributed by atoms with Crippen LogP contribution in [-0.2, 0) is 14.4 Å². The number of carboxylic acid groups (broad SMARTS) is 1. The van der Waals surface area contributed by atoms with E-state index in [1.807, 2.05) is 5.32 Å². The van der Waals surface area contributed by atoms with Gasteiger partial charge in [-0.3, -0.25) is 34.2 Å². The zero-order valence-electron chi connectivity index (χ0n) is 8.46. The molecule has 0 aliphatic carbocycles. The van der Waals surface area contributed by atoms with E-state index < -0.39 is 34.8 Å². The molecule has 18 heavy (non-hydrogen) atoms. The summed E-state index contributed by atoms with van der Waals surface area (Å²) in [6.45, 7) is -0.776. The van der Waals surface area contributed by atoms with Gasteiger partial charge in [0.05, 0.1) is 0 Å². The molecule has 0 atom stereocenters. The number of nitrogens with one attached hydrogen (secondary N) is 1. The van der Waals surface area contributed by atoms with Gasteiger partial charge in [0, 0.05) is 0 Å². The highest BCUT2D eigenvalue weighted by Crippen LogP contribution is 2.38. The molecule has 10 heteroatoms. The number of carbonyl (C=O) groups excluding carboxylic acids is 4. The standard InChI is InChI=1S/C8H4N2O6S2/c11-2(12)1-10-6(14)4(18-8(10)16)3-5(13)9-7(15)17-3/h1H2,(H,11,12)(H,9,13,15). The second kappa shape index (κ2) is 4.46. The van der Waals surface area contributed by atoms with Crippen LogP contribution in [0.15, 0.2) is 9.81 Å². The van der Waals surface area contributed by atoms with Crippen molar-refractivity contribution in [3.63, 3.8) is 0 Å². The summed E-state index contributed by atoms with van der Waals surface area (Å²) < 4.78 is 0. The number of rotatable bonds is 2. The zero-order chi connectivity index (χ0) is 13.4. The average Bonchev–Trinajstić information content (AvgIpc) is 2.72. The van der Waals surface area contributed by atoms with E-state index in [0.29, 0.717) is 28.4 Å². The Morgan fingerprint density at radius 1 is 1.17 bits per heavy atom. The third-order valence-corrected chi connectivity index (χ3v) is 3.95. The fourth-order valence-corrected chi connectivity index (χ4v) is 2.99. The number of hydrogen-bond acceptors (Lipinski definition) is 7. The molecule has 2 rings (SSSR count). The number of nitrogens with zero attached hydrogens (tertiary/aromatic N) is 1. The number of aliphatic carboxylic acids is 1. The molecule has 2 fully saturated rings. The first-order valence-electron chi connectivity index (χ1n) is 4.43. The quantitative estimate of drug-likeness (QED) is 0.679. The Balaban J connectivity index is 2.33. The first-order chi connectivity index (χ1) is 8.40. The Labute approximate surface area is 108 Å². The highest BCUT2D eigenvalue weighted by Gasteiger charge is 2.42. The second-order valence-corrected chi connectivity index (χ2v) is 5.10. The smallest absolute Gasteiger partial charge is 0.323 e. The summed E-state index contributed by atoms with van der Waals surface area (Å²) in [5.74, 6) is -2.98. The van der Waals surface area contributed by atoms with Crippen molar-refractivity contribution in [3.8, 4) is 0 Å². The van der Waals surface area contributed by atoms with E-state index in [0.717, 1.165) is 0 Å². The lowest BCUT2D eigenvalue weighted by Crippen LogP contribution is -2.33. The Morgan fingerprint density at radius 2 is 1.83 bits per heavy atom. The molecule has 2 saturated heterocycles. The van der Waals surface area contributed by atoms with Gasteiger partial charge < -0.3 is 5.11 Å². The maximum Gasteiger partial charge on any atom is 0.323 e. The van der Waals surface area contributed by atoms with Crippen LogP contribution in [0.4, 0.5) is 9.59 Å². The molecule has 2 heterocycles. The maximum atomic E-state index is 11.7. The van der Waals surface area contributed by atoms with Crippen LogP contribution in [0, 0.1) is 0 Å². The van der Waals surface area contributed by atoms with Gasteiger partial charge in [0.25, 0.3) is 22.3 Å². The third-order valence-electron chi connectivity index (χ3n) is 1.97. The molecule has 0 aromatic rings. The molecule has 0 aromatic heterocycles. The minimum Gasteiger partial charge on any atom is -0.480 e. The second-order valence-electron chi connectivity index (χ2n) is 3.15. The minimum atomic E-state index is -1.34. The molecular weight excluding hydrogens is 284 g/mol. The predicted molar refractivity (Wildman–Crippen MR) is 60.5 cm³/mol. The minimum absolute atomic E-state index is 0.170. The van der Waals surface area contributed by atoms with Crippen molar-refractivity contribution in [2.24, 2.45) is 0 Å². The number of amides is 4. The first kappa shape index (κ1) is 12.6. The largest absolute Gasteiger partial charge is 0.480 e. The van der Waals surface area contributed by atoms with E-state index in [1.165, 1.54) is 0 Å². The number of imide groups is 2. The van der Waals surface area contributed by atoms with Gasteiger partial charge in [-0.2, -0.15) is 0 Å². The Bertz CT molecular complexity index is 540. The molecule has 0 aromatic carbocycles. The van der Waals surface area contributed by atoms with E-state index in [2.05, 4.69) is 0 Å². The fraction of sp³-hybridized carbons (Fsp3) is 0.125. The number of carbonyl (C=O) groups is 5. The molecule has 4 amide bonds. The predicted octanol–water partition coefficient (Wildman–Crippen LogP) is -0.0390. The van der Waals surface area contributed by atoms with Crippen LogP contribution in [0.2, 0.25) is 0 Å². The zero-order valence-corrected chi connectivity index (χ0v) is 10.1. The fourth-order valence-electron chi connectivity index (χ4n) is 1.27. The molecule has 0 saturated carbocycles. The summed E-state index contributed by atoms with van der Waals surface area (Å²) in [5.41, 5.74) is 0. The molecule has 2 aliphatic rings.